The van der Waals surface area contributed by atoms with Gasteiger partial charge in [-0.25, -0.2) is 4.79 Å². The first-order chi connectivity index (χ1) is 5.58. The maximum Gasteiger partial charge on any atom is 0.327 e. The van der Waals surface area contributed by atoms with E-state index in [9.17, 15) is 4.79 Å². The van der Waals surface area contributed by atoms with Crippen LogP contribution in [0.15, 0.2) is 12.7 Å². The maximum atomic E-state index is 9.25. The average Bonchev–Trinajstić information content (AvgIpc) is 2.06. The van der Waals surface area contributed by atoms with Crippen molar-refractivity contribution in [2.24, 2.45) is 0 Å². The molecule has 0 aromatic carbocycles. The Hall–Kier alpha value is -0.870. The Morgan fingerprint density at radius 1 is 1.67 bits per heavy atom. The van der Waals surface area contributed by atoms with Gasteiger partial charge in [0, 0.05) is 12.7 Å². The third kappa shape index (κ3) is 16.1. The van der Waals surface area contributed by atoms with Gasteiger partial charge < -0.3 is 15.3 Å². The highest BCUT2D eigenvalue weighted by molar-refractivity contribution is 5.78. The molecule has 1 atom stereocenters. The van der Waals surface area contributed by atoms with Crippen LogP contribution in [0.1, 0.15) is 19.8 Å². The zero-order valence-electron chi connectivity index (χ0n) is 7.23. The Kier molecular flexibility index (Phi) is 11.6. The second-order valence-electron chi connectivity index (χ2n) is 2.12. The lowest BCUT2D eigenvalue weighted by Crippen LogP contribution is -2.05. The van der Waals surface area contributed by atoms with Gasteiger partial charge in [0.25, 0.3) is 0 Å². The molecular formula is C8H16O4. The lowest BCUT2D eigenvalue weighted by molar-refractivity contribution is -0.131. The highest BCUT2D eigenvalue weighted by atomic mass is 16.4. The van der Waals surface area contributed by atoms with Gasteiger partial charge in [0.05, 0.1) is 6.10 Å². The average molecular weight is 176 g/mol. The van der Waals surface area contributed by atoms with Gasteiger partial charge in [0.15, 0.2) is 0 Å². The Bertz CT molecular complexity index is 122. The lowest BCUT2D eigenvalue weighted by atomic mass is 10.2. The van der Waals surface area contributed by atoms with Crippen LogP contribution in [0, 0.1) is 0 Å². The molecule has 0 rings (SSSR count). The monoisotopic (exact) mass is 176 g/mol. The molecule has 0 saturated carbocycles. The molecule has 0 fully saturated rings. The molecule has 72 valence electrons. The molecule has 3 N–H and O–H groups in total. The van der Waals surface area contributed by atoms with Gasteiger partial charge in [-0.1, -0.05) is 13.5 Å². The van der Waals surface area contributed by atoms with Gasteiger partial charge in [-0.05, 0) is 12.8 Å². The number of aliphatic hydroxyl groups is 2. The topological polar surface area (TPSA) is 77.8 Å². The number of carboxylic acid groups (broad SMARTS) is 1. The number of carboxylic acids is 1. The number of hydrogen-bond donors (Lipinski definition) is 3. The van der Waals surface area contributed by atoms with E-state index in [0.717, 1.165) is 12.5 Å². The Morgan fingerprint density at radius 2 is 2.08 bits per heavy atom. The Morgan fingerprint density at radius 3 is 2.17 bits per heavy atom. The maximum absolute atomic E-state index is 9.25. The molecular weight excluding hydrogens is 160 g/mol. The van der Waals surface area contributed by atoms with Crippen molar-refractivity contribution >= 4 is 5.97 Å². The first-order valence-electron chi connectivity index (χ1n) is 3.72. The van der Waals surface area contributed by atoms with Gasteiger partial charge in [0.2, 0.25) is 0 Å². The van der Waals surface area contributed by atoms with Gasteiger partial charge >= 0.3 is 5.97 Å². The van der Waals surface area contributed by atoms with Crippen LogP contribution in [0.4, 0.5) is 0 Å². The second kappa shape index (κ2) is 10.1. The summed E-state index contributed by atoms with van der Waals surface area (Å²) in [7, 11) is 0. The van der Waals surface area contributed by atoms with Crippen molar-refractivity contribution in [2.75, 3.05) is 6.61 Å². The standard InChI is InChI=1S/C5H12O2.C3H4O2/c1-2-5(7)3-4-6;1-2-3(4)5/h5-7H,2-4H2,1H3;2H,1H2,(H,4,5). The number of aliphatic hydroxyl groups excluding tert-OH is 2. The minimum absolute atomic E-state index is 0.0923. The summed E-state index contributed by atoms with van der Waals surface area (Å²) in [6.45, 7) is 4.94. The molecule has 4 heteroatoms. The molecule has 0 spiro atoms. The zero-order valence-corrected chi connectivity index (χ0v) is 7.23. The third-order valence-electron chi connectivity index (χ3n) is 1.11. The van der Waals surface area contributed by atoms with Crippen LogP contribution >= 0.6 is 0 Å². The van der Waals surface area contributed by atoms with Gasteiger partial charge in [-0.3, -0.25) is 0 Å². The minimum atomic E-state index is -0.981. The van der Waals surface area contributed by atoms with Crippen molar-refractivity contribution in [3.63, 3.8) is 0 Å². The fourth-order valence-corrected chi connectivity index (χ4v) is 0.353. The molecule has 0 aliphatic rings. The highest BCUT2D eigenvalue weighted by Gasteiger charge is 1.95. The summed E-state index contributed by atoms with van der Waals surface area (Å²) in [6, 6.07) is 0. The fraction of sp³-hybridized carbons (Fsp3) is 0.625. The van der Waals surface area contributed by atoms with Crippen molar-refractivity contribution in [3.8, 4) is 0 Å². The van der Waals surface area contributed by atoms with Crippen molar-refractivity contribution in [1.29, 1.82) is 0 Å². The predicted molar refractivity (Wildman–Crippen MR) is 45.8 cm³/mol. The molecule has 0 aromatic rings. The van der Waals surface area contributed by atoms with E-state index in [2.05, 4.69) is 6.58 Å². The number of aliphatic carboxylic acids is 1. The summed E-state index contributed by atoms with van der Waals surface area (Å²) in [5.41, 5.74) is 0. The second-order valence-corrected chi connectivity index (χ2v) is 2.12. The van der Waals surface area contributed by atoms with E-state index in [-0.39, 0.29) is 12.7 Å². The zero-order chi connectivity index (χ0) is 9.98. The molecule has 0 aromatic heterocycles. The first-order valence-corrected chi connectivity index (χ1v) is 3.72. The van der Waals surface area contributed by atoms with E-state index in [1.54, 1.807) is 0 Å². The van der Waals surface area contributed by atoms with Crippen LogP contribution in [-0.2, 0) is 4.79 Å². The van der Waals surface area contributed by atoms with Crippen molar-refractivity contribution in [3.05, 3.63) is 12.7 Å². The lowest BCUT2D eigenvalue weighted by Gasteiger charge is -2.01. The van der Waals surface area contributed by atoms with E-state index < -0.39 is 5.97 Å². The molecule has 0 aliphatic heterocycles. The summed E-state index contributed by atoms with van der Waals surface area (Å²) in [5.74, 6) is -0.981. The normalized spacial score (nSPS) is 10.9. The van der Waals surface area contributed by atoms with Crippen molar-refractivity contribution in [1.82, 2.24) is 0 Å². The number of rotatable bonds is 4. The molecule has 4 nitrogen and oxygen atoms in total. The molecule has 1 unspecified atom stereocenters. The van der Waals surface area contributed by atoms with E-state index >= 15 is 0 Å². The molecule has 0 saturated heterocycles. The van der Waals surface area contributed by atoms with Crippen LogP contribution in [0.2, 0.25) is 0 Å². The van der Waals surface area contributed by atoms with Crippen LogP contribution in [-0.4, -0.2) is 34.0 Å². The first kappa shape index (κ1) is 13.7. The van der Waals surface area contributed by atoms with Crippen molar-refractivity contribution in [2.45, 2.75) is 25.9 Å². The summed E-state index contributed by atoms with van der Waals surface area (Å²) in [4.78, 5) is 9.25. The van der Waals surface area contributed by atoms with Gasteiger partial charge in [-0.2, -0.15) is 0 Å². The molecule has 0 amide bonds. The van der Waals surface area contributed by atoms with E-state index in [1.165, 1.54) is 0 Å². The third-order valence-corrected chi connectivity index (χ3v) is 1.11. The summed E-state index contributed by atoms with van der Waals surface area (Å²) in [6.07, 6.45) is 1.78. The van der Waals surface area contributed by atoms with Gasteiger partial charge in [-0.15, -0.1) is 0 Å². The molecule has 0 heterocycles. The summed E-state index contributed by atoms with van der Waals surface area (Å²) in [5, 5.41) is 24.5. The van der Waals surface area contributed by atoms with E-state index in [4.69, 9.17) is 15.3 Å². The largest absolute Gasteiger partial charge is 0.478 e. The summed E-state index contributed by atoms with van der Waals surface area (Å²) < 4.78 is 0. The van der Waals surface area contributed by atoms with E-state index in [0.29, 0.717) is 6.42 Å². The fourth-order valence-electron chi connectivity index (χ4n) is 0.353. The van der Waals surface area contributed by atoms with Crippen LogP contribution < -0.4 is 0 Å². The van der Waals surface area contributed by atoms with Crippen LogP contribution in [0.3, 0.4) is 0 Å². The van der Waals surface area contributed by atoms with Gasteiger partial charge in [0.1, 0.15) is 0 Å². The minimum Gasteiger partial charge on any atom is -0.478 e. The number of hydrogen-bond acceptors (Lipinski definition) is 3. The predicted octanol–water partition coefficient (Wildman–Crippen LogP) is 0.397. The SMILES string of the molecule is C=CC(=O)O.CCC(O)CCO. The Balaban J connectivity index is 0. The quantitative estimate of drug-likeness (QED) is 0.542. The van der Waals surface area contributed by atoms with E-state index in [1.807, 2.05) is 6.92 Å². The molecule has 0 aliphatic carbocycles. The molecule has 0 radical (unpaired) electrons. The Labute approximate surface area is 72.2 Å². The van der Waals surface area contributed by atoms with Crippen LogP contribution in [0.5, 0.6) is 0 Å². The van der Waals surface area contributed by atoms with Crippen molar-refractivity contribution < 1.29 is 20.1 Å². The molecule has 12 heavy (non-hydrogen) atoms. The summed E-state index contributed by atoms with van der Waals surface area (Å²) >= 11 is 0. The highest BCUT2D eigenvalue weighted by Crippen LogP contribution is 1.92. The number of carbonyl (C=O) groups is 1. The van der Waals surface area contributed by atoms with Crippen LogP contribution in [0.25, 0.3) is 0 Å². The smallest absolute Gasteiger partial charge is 0.327 e. The molecule has 0 bridgehead atoms.